The van der Waals surface area contributed by atoms with Gasteiger partial charge in [-0.25, -0.2) is 13.8 Å². The van der Waals surface area contributed by atoms with Crippen molar-refractivity contribution in [3.8, 4) is 11.5 Å². The van der Waals surface area contributed by atoms with Crippen molar-refractivity contribution in [2.45, 2.75) is 31.6 Å². The van der Waals surface area contributed by atoms with E-state index >= 15 is 0 Å². The summed E-state index contributed by atoms with van der Waals surface area (Å²) >= 11 is 0. The van der Waals surface area contributed by atoms with Crippen molar-refractivity contribution in [3.63, 3.8) is 0 Å². The van der Waals surface area contributed by atoms with Crippen molar-refractivity contribution in [1.82, 2.24) is 5.43 Å². The first-order valence-electron chi connectivity index (χ1n) is 12.1. The van der Waals surface area contributed by atoms with Crippen LogP contribution in [0.1, 0.15) is 36.5 Å². The lowest BCUT2D eigenvalue weighted by Gasteiger charge is -2.24. The molecule has 0 aliphatic carbocycles. The molecule has 0 saturated heterocycles. The van der Waals surface area contributed by atoms with Crippen molar-refractivity contribution >= 4 is 27.8 Å². The van der Waals surface area contributed by atoms with Crippen LogP contribution in [0.15, 0.2) is 89.4 Å². The van der Waals surface area contributed by atoms with Crippen LogP contribution in [0.2, 0.25) is 0 Å². The van der Waals surface area contributed by atoms with Gasteiger partial charge in [-0.15, -0.1) is 0 Å². The van der Waals surface area contributed by atoms with Crippen molar-refractivity contribution in [2.24, 2.45) is 5.10 Å². The van der Waals surface area contributed by atoms with Gasteiger partial charge in [0.1, 0.15) is 13.2 Å². The highest BCUT2D eigenvalue weighted by atomic mass is 32.2. The van der Waals surface area contributed by atoms with E-state index in [0.717, 1.165) is 15.4 Å². The van der Waals surface area contributed by atoms with E-state index in [0.29, 0.717) is 29.4 Å². The van der Waals surface area contributed by atoms with Gasteiger partial charge in [0.2, 0.25) is 0 Å². The first-order chi connectivity index (χ1) is 18.1. The Kier molecular flexibility index (Phi) is 9.67. The molecule has 0 fully saturated rings. The molecule has 0 aliphatic rings. The second kappa shape index (κ2) is 12.9. The summed E-state index contributed by atoms with van der Waals surface area (Å²) in [6.45, 7) is 9.49. The van der Waals surface area contributed by atoms with Crippen molar-refractivity contribution in [1.29, 1.82) is 0 Å². The molecule has 8 nitrogen and oxygen atoms in total. The van der Waals surface area contributed by atoms with Crippen molar-refractivity contribution in [3.05, 3.63) is 96.1 Å². The van der Waals surface area contributed by atoms with Crippen LogP contribution in [0.3, 0.4) is 0 Å². The zero-order valence-corrected chi connectivity index (χ0v) is 22.9. The number of anilines is 1. The Labute approximate surface area is 224 Å². The maximum absolute atomic E-state index is 13.5. The summed E-state index contributed by atoms with van der Waals surface area (Å²) in [6, 6.07) is 18.8. The number of ether oxygens (including phenoxy) is 2. The predicted molar refractivity (Wildman–Crippen MR) is 151 cm³/mol. The third-order valence-corrected chi connectivity index (χ3v) is 7.48. The lowest BCUT2D eigenvalue weighted by molar-refractivity contribution is -0.119. The Morgan fingerprint density at radius 2 is 1.74 bits per heavy atom. The summed E-state index contributed by atoms with van der Waals surface area (Å²) in [5.74, 6) is 0.740. The first kappa shape index (κ1) is 28.5. The Bertz CT molecular complexity index is 1380. The second-order valence-corrected chi connectivity index (χ2v) is 10.7. The van der Waals surface area contributed by atoms with E-state index in [1.165, 1.54) is 25.5 Å². The van der Waals surface area contributed by atoms with Crippen LogP contribution in [0.4, 0.5) is 5.69 Å². The first-order valence-corrected chi connectivity index (χ1v) is 13.5. The molecule has 0 heterocycles. The molecule has 0 aliphatic heterocycles. The fourth-order valence-corrected chi connectivity index (χ4v) is 4.98. The van der Waals surface area contributed by atoms with Gasteiger partial charge >= 0.3 is 0 Å². The van der Waals surface area contributed by atoms with Gasteiger partial charge in [-0.2, -0.15) is 5.10 Å². The summed E-state index contributed by atoms with van der Waals surface area (Å²) < 4.78 is 39.1. The van der Waals surface area contributed by atoms with Crippen LogP contribution in [0, 0.1) is 6.92 Å². The topological polar surface area (TPSA) is 97.3 Å². The molecule has 38 heavy (non-hydrogen) atoms. The largest absolute Gasteiger partial charge is 0.493 e. The molecule has 1 N–H and O–H groups in total. The number of hydrogen-bond acceptors (Lipinski definition) is 6. The Morgan fingerprint density at radius 3 is 2.34 bits per heavy atom. The fourth-order valence-electron chi connectivity index (χ4n) is 3.56. The van der Waals surface area contributed by atoms with E-state index in [9.17, 15) is 13.2 Å². The number of hydrazone groups is 1. The SMILES string of the molecule is C=CCOc1ccc(/C=N\NC(=O)CN(c2ccc(C(C)C)cc2)S(=O)(=O)c2ccc(C)cc2)cc1OC. The number of benzene rings is 3. The lowest BCUT2D eigenvalue weighted by atomic mass is 10.0. The van der Waals surface area contributed by atoms with E-state index in [4.69, 9.17) is 9.47 Å². The maximum Gasteiger partial charge on any atom is 0.264 e. The monoisotopic (exact) mass is 535 g/mol. The number of rotatable bonds is 12. The van der Waals surface area contributed by atoms with Crippen molar-refractivity contribution < 1.29 is 22.7 Å². The second-order valence-electron chi connectivity index (χ2n) is 8.87. The van der Waals surface area contributed by atoms with Crippen molar-refractivity contribution in [2.75, 3.05) is 24.6 Å². The molecule has 0 bridgehead atoms. The average Bonchev–Trinajstić information content (AvgIpc) is 2.91. The summed E-state index contributed by atoms with van der Waals surface area (Å²) in [5, 5.41) is 4.00. The molecular weight excluding hydrogens is 502 g/mol. The van der Waals surface area contributed by atoms with E-state index in [-0.39, 0.29) is 10.8 Å². The van der Waals surface area contributed by atoms with E-state index in [2.05, 4.69) is 31.0 Å². The zero-order valence-electron chi connectivity index (χ0n) is 22.0. The Balaban J connectivity index is 1.81. The standard InChI is InChI=1S/C29H33N3O5S/c1-6-17-37-27-16-9-23(18-28(27)36-5)19-30-31-29(33)20-32(25-12-10-24(11-13-25)21(2)3)38(34,35)26-14-7-22(4)8-15-26/h6-16,18-19,21H,1,17,20H2,2-5H3,(H,31,33)/b30-19-. The van der Waals surface area contributed by atoms with Gasteiger partial charge in [-0.3, -0.25) is 9.10 Å². The minimum atomic E-state index is -4.01. The molecule has 1 amide bonds. The molecule has 0 spiro atoms. The summed E-state index contributed by atoms with van der Waals surface area (Å²) in [6.07, 6.45) is 3.07. The normalized spacial score (nSPS) is 11.4. The maximum atomic E-state index is 13.5. The molecule has 3 aromatic carbocycles. The zero-order chi connectivity index (χ0) is 27.7. The summed E-state index contributed by atoms with van der Waals surface area (Å²) in [7, 11) is -2.49. The van der Waals surface area contributed by atoms with Gasteiger partial charge in [0.15, 0.2) is 11.5 Å². The third-order valence-electron chi connectivity index (χ3n) is 5.69. The average molecular weight is 536 g/mol. The lowest BCUT2D eigenvalue weighted by Crippen LogP contribution is -2.39. The van der Waals surface area contributed by atoms with Gasteiger partial charge in [0.25, 0.3) is 15.9 Å². The van der Waals surface area contributed by atoms with Gasteiger partial charge in [0.05, 0.1) is 23.9 Å². The fraction of sp³-hybridized carbons (Fsp3) is 0.241. The number of aryl methyl sites for hydroxylation is 1. The number of hydrogen-bond donors (Lipinski definition) is 1. The quantitative estimate of drug-likeness (QED) is 0.199. The number of carbonyl (C=O) groups excluding carboxylic acids is 1. The highest BCUT2D eigenvalue weighted by Gasteiger charge is 2.27. The number of methoxy groups -OCH3 is 1. The minimum Gasteiger partial charge on any atom is -0.493 e. The van der Waals surface area contributed by atoms with Crippen LogP contribution < -0.4 is 19.2 Å². The minimum absolute atomic E-state index is 0.0956. The number of nitrogens with zero attached hydrogens (tertiary/aromatic N) is 2. The van der Waals surface area contributed by atoms with Crippen LogP contribution in [-0.2, 0) is 14.8 Å². The highest BCUT2D eigenvalue weighted by Crippen LogP contribution is 2.28. The molecule has 3 aromatic rings. The molecule has 0 radical (unpaired) electrons. The number of amides is 1. The van der Waals surface area contributed by atoms with Crippen LogP contribution in [-0.4, -0.2) is 40.8 Å². The number of carbonyl (C=O) groups is 1. The van der Waals surface area contributed by atoms with E-state index in [1.807, 2.05) is 19.1 Å². The number of sulfonamides is 1. The molecule has 0 unspecified atom stereocenters. The van der Waals surface area contributed by atoms with Crippen LogP contribution in [0.5, 0.6) is 11.5 Å². The molecule has 200 valence electrons. The smallest absolute Gasteiger partial charge is 0.264 e. The molecular formula is C29H33N3O5S. The van der Waals surface area contributed by atoms with Gasteiger partial charge in [-0.05, 0) is 66.4 Å². The van der Waals surface area contributed by atoms with E-state index in [1.54, 1.807) is 48.5 Å². The molecule has 0 saturated carbocycles. The Hall–Kier alpha value is -4.11. The summed E-state index contributed by atoms with van der Waals surface area (Å²) in [5.41, 5.74) is 5.45. The molecule has 9 heteroatoms. The predicted octanol–water partition coefficient (Wildman–Crippen LogP) is 5.04. The third kappa shape index (κ3) is 7.23. The van der Waals surface area contributed by atoms with Crippen LogP contribution >= 0.6 is 0 Å². The highest BCUT2D eigenvalue weighted by molar-refractivity contribution is 7.92. The van der Waals surface area contributed by atoms with Gasteiger partial charge < -0.3 is 9.47 Å². The molecule has 0 atom stereocenters. The van der Waals surface area contributed by atoms with Gasteiger partial charge in [0, 0.05) is 0 Å². The molecule has 3 rings (SSSR count). The van der Waals surface area contributed by atoms with Crippen LogP contribution in [0.25, 0.3) is 0 Å². The van der Waals surface area contributed by atoms with E-state index < -0.39 is 22.5 Å². The number of nitrogens with one attached hydrogen (secondary N) is 1. The van der Waals surface area contributed by atoms with Gasteiger partial charge in [-0.1, -0.05) is 56.3 Å². The molecule has 0 aromatic heterocycles. The summed E-state index contributed by atoms with van der Waals surface area (Å²) in [4.78, 5) is 12.9. The Morgan fingerprint density at radius 1 is 1.05 bits per heavy atom.